The fraction of sp³-hybridized carbons (Fsp3) is 0.375. The van der Waals surface area contributed by atoms with Gasteiger partial charge in [0.05, 0.1) is 20.3 Å². The lowest BCUT2D eigenvalue weighted by Gasteiger charge is -2.37. The summed E-state index contributed by atoms with van der Waals surface area (Å²) >= 11 is 0. The molecule has 0 fully saturated rings. The zero-order valence-electron chi connectivity index (χ0n) is 25.9. The maximum atomic E-state index is 13.9. The monoisotopic (exact) mass is 624 g/mol. The highest BCUT2D eigenvalue weighted by Crippen LogP contribution is 2.37. The van der Waals surface area contributed by atoms with Crippen LogP contribution in [0.4, 0.5) is 10.5 Å². The molecule has 4 rings (SSSR count). The lowest BCUT2D eigenvalue weighted by molar-refractivity contribution is 0.0827. The number of carbonyl (C=O) groups is 2. The summed E-state index contributed by atoms with van der Waals surface area (Å²) in [4.78, 5) is 28.6. The minimum Gasteiger partial charge on any atom is -0.497 e. The molecule has 1 heterocycles. The molecular weight excluding hydrogens is 584 g/mol. The molecule has 1 aliphatic rings. The number of fused-ring (bicyclic) bond motifs is 1. The average Bonchev–Trinajstić information content (AvgIpc) is 3.02. The number of methoxy groups -OCH3 is 1. The molecule has 44 heavy (non-hydrogen) atoms. The zero-order valence-corrected chi connectivity index (χ0v) is 26.7. The molecule has 12 heteroatoms. The number of aliphatic hydroxyl groups is 1. The van der Waals surface area contributed by atoms with Crippen LogP contribution in [0.3, 0.4) is 0 Å². The van der Waals surface area contributed by atoms with Gasteiger partial charge in [-0.1, -0.05) is 25.1 Å². The first-order valence-corrected chi connectivity index (χ1v) is 15.7. The number of hydrogen-bond donors (Lipinski definition) is 2. The zero-order chi connectivity index (χ0) is 32.2. The smallest absolute Gasteiger partial charge is 0.321 e. The predicted octanol–water partition coefficient (Wildman–Crippen LogP) is 4.00. The molecule has 2 N–H and O–H groups in total. The van der Waals surface area contributed by atoms with Crippen molar-refractivity contribution in [2.45, 2.75) is 30.9 Å². The standard InChI is InChI=1S/C32H40N4O7S/c1-21-18-36(22(2)20-37)44(40,41)30-15-10-24(23-8-7-9-25(16-23)31(38)34(3)4)17-28(30)43-29(21)19-35(5)32(39)33-26-11-13-27(42-6)14-12-26/h7-17,21-22,29,37H,18-20H2,1-6H3,(H,33,39)/t21-,22+,29-/m0/s1. The molecule has 0 bridgehead atoms. The number of anilines is 1. The summed E-state index contributed by atoms with van der Waals surface area (Å²) in [6, 6.07) is 17.8. The fourth-order valence-electron chi connectivity index (χ4n) is 4.96. The number of nitrogens with one attached hydrogen (secondary N) is 1. The molecule has 236 valence electrons. The third-order valence-electron chi connectivity index (χ3n) is 7.66. The molecule has 0 aliphatic carbocycles. The van der Waals surface area contributed by atoms with Crippen LogP contribution in [-0.2, 0) is 10.0 Å². The molecule has 3 aromatic carbocycles. The predicted molar refractivity (Wildman–Crippen MR) is 169 cm³/mol. The van der Waals surface area contributed by atoms with Gasteiger partial charge in [-0.3, -0.25) is 4.79 Å². The van der Waals surface area contributed by atoms with E-state index in [1.807, 2.05) is 13.0 Å². The summed E-state index contributed by atoms with van der Waals surface area (Å²) < 4.78 is 40.7. The van der Waals surface area contributed by atoms with Crippen molar-refractivity contribution in [3.05, 3.63) is 72.3 Å². The lowest BCUT2D eigenvalue weighted by atomic mass is 10.0. The molecule has 0 radical (unpaired) electrons. The first-order chi connectivity index (χ1) is 20.8. The van der Waals surface area contributed by atoms with Crippen molar-refractivity contribution in [3.8, 4) is 22.6 Å². The van der Waals surface area contributed by atoms with Gasteiger partial charge in [0.1, 0.15) is 22.5 Å². The van der Waals surface area contributed by atoms with Gasteiger partial charge in [0.25, 0.3) is 5.91 Å². The lowest BCUT2D eigenvalue weighted by Crippen LogP contribution is -2.50. The Hall–Kier alpha value is -4.13. The van der Waals surface area contributed by atoms with E-state index in [4.69, 9.17) is 9.47 Å². The van der Waals surface area contributed by atoms with Gasteiger partial charge in [0.2, 0.25) is 10.0 Å². The van der Waals surface area contributed by atoms with E-state index in [0.717, 1.165) is 0 Å². The Bertz CT molecular complexity index is 1590. The van der Waals surface area contributed by atoms with Gasteiger partial charge in [-0.05, 0) is 66.6 Å². The Balaban J connectivity index is 1.69. The van der Waals surface area contributed by atoms with E-state index in [0.29, 0.717) is 28.1 Å². The summed E-state index contributed by atoms with van der Waals surface area (Å²) in [5.41, 5.74) is 2.46. The van der Waals surface area contributed by atoms with Gasteiger partial charge in [-0.2, -0.15) is 4.31 Å². The normalized spacial score (nSPS) is 18.5. The number of hydrogen-bond acceptors (Lipinski definition) is 7. The molecule has 1 aliphatic heterocycles. The molecule has 3 aromatic rings. The highest BCUT2D eigenvalue weighted by atomic mass is 32.2. The van der Waals surface area contributed by atoms with Gasteiger partial charge in [0.15, 0.2) is 0 Å². The first kappa shape index (κ1) is 32.8. The SMILES string of the molecule is COc1ccc(NC(=O)N(C)C[C@@H]2Oc3cc(-c4cccc(C(=O)N(C)C)c4)ccc3S(=O)(=O)N([C@H](C)CO)C[C@@H]2C)cc1. The van der Waals surface area contributed by atoms with Crippen LogP contribution < -0.4 is 14.8 Å². The van der Waals surface area contributed by atoms with E-state index in [2.05, 4.69) is 5.32 Å². The van der Waals surface area contributed by atoms with Gasteiger partial charge in [-0.25, -0.2) is 13.2 Å². The van der Waals surface area contributed by atoms with Crippen LogP contribution in [0.25, 0.3) is 11.1 Å². The average molecular weight is 625 g/mol. The Labute approximate surface area is 259 Å². The van der Waals surface area contributed by atoms with Gasteiger partial charge in [0, 0.05) is 50.9 Å². The van der Waals surface area contributed by atoms with Gasteiger partial charge < -0.3 is 29.7 Å². The van der Waals surface area contributed by atoms with Crippen LogP contribution in [0.2, 0.25) is 0 Å². The summed E-state index contributed by atoms with van der Waals surface area (Å²) in [6.45, 7) is 3.39. The molecule has 0 saturated carbocycles. The summed E-state index contributed by atoms with van der Waals surface area (Å²) in [5.74, 6) is 0.282. The molecule has 0 saturated heterocycles. The summed E-state index contributed by atoms with van der Waals surface area (Å²) in [5, 5.41) is 12.8. The number of ether oxygens (including phenoxy) is 2. The van der Waals surface area contributed by atoms with Crippen LogP contribution in [0, 0.1) is 5.92 Å². The molecule has 3 amide bonds. The first-order valence-electron chi connectivity index (χ1n) is 14.3. The van der Waals surface area contributed by atoms with Crippen LogP contribution in [-0.4, -0.2) is 99.7 Å². The number of amides is 3. The fourth-order valence-corrected chi connectivity index (χ4v) is 6.78. The Kier molecular flexibility index (Phi) is 10.2. The minimum absolute atomic E-state index is 0.0377. The van der Waals surface area contributed by atoms with E-state index >= 15 is 0 Å². The number of likely N-dealkylation sites (N-methyl/N-ethyl adjacent to an activating group) is 1. The molecule has 0 aromatic heterocycles. The Morgan fingerprint density at radius 3 is 2.39 bits per heavy atom. The summed E-state index contributed by atoms with van der Waals surface area (Å²) in [7, 11) is 2.51. The highest BCUT2D eigenvalue weighted by Gasteiger charge is 2.38. The van der Waals surface area contributed by atoms with Crippen molar-refractivity contribution >= 4 is 27.6 Å². The van der Waals surface area contributed by atoms with Crippen LogP contribution in [0.1, 0.15) is 24.2 Å². The minimum atomic E-state index is -4.05. The maximum absolute atomic E-state index is 13.9. The van der Waals surface area contributed by atoms with Gasteiger partial charge >= 0.3 is 6.03 Å². The van der Waals surface area contributed by atoms with Crippen molar-refractivity contribution < 1.29 is 32.6 Å². The molecule has 11 nitrogen and oxygen atoms in total. The molecule has 0 spiro atoms. The van der Waals surface area contributed by atoms with Gasteiger partial charge in [-0.15, -0.1) is 0 Å². The molecule has 0 unspecified atom stereocenters. The van der Waals surface area contributed by atoms with Crippen LogP contribution in [0.5, 0.6) is 11.5 Å². The number of rotatable bonds is 8. The van der Waals surface area contributed by atoms with Crippen molar-refractivity contribution in [1.29, 1.82) is 0 Å². The number of urea groups is 1. The molecular formula is C32H40N4O7S. The third-order valence-corrected chi connectivity index (χ3v) is 9.68. The number of aliphatic hydroxyl groups excluding tert-OH is 1. The largest absolute Gasteiger partial charge is 0.497 e. The second kappa shape index (κ2) is 13.7. The quantitative estimate of drug-likeness (QED) is 0.388. The number of sulfonamides is 1. The second-order valence-electron chi connectivity index (χ2n) is 11.2. The van der Waals surface area contributed by atoms with Crippen LogP contribution >= 0.6 is 0 Å². The topological polar surface area (TPSA) is 129 Å². The van der Waals surface area contributed by atoms with E-state index in [1.165, 1.54) is 20.2 Å². The van der Waals surface area contributed by atoms with Crippen molar-refractivity contribution in [3.63, 3.8) is 0 Å². The van der Waals surface area contributed by atoms with E-state index < -0.39 is 22.2 Å². The molecule has 3 atom stereocenters. The third kappa shape index (κ3) is 7.15. The maximum Gasteiger partial charge on any atom is 0.321 e. The Morgan fingerprint density at radius 1 is 1.07 bits per heavy atom. The highest BCUT2D eigenvalue weighted by molar-refractivity contribution is 7.89. The number of nitrogens with zero attached hydrogens (tertiary/aromatic N) is 3. The van der Waals surface area contributed by atoms with E-state index in [9.17, 15) is 23.1 Å². The van der Waals surface area contributed by atoms with Crippen molar-refractivity contribution in [2.24, 2.45) is 5.92 Å². The van der Waals surface area contributed by atoms with Crippen molar-refractivity contribution in [2.75, 3.05) is 53.3 Å². The van der Waals surface area contributed by atoms with Crippen molar-refractivity contribution in [1.82, 2.24) is 14.1 Å². The second-order valence-corrected chi connectivity index (χ2v) is 13.1. The number of carbonyl (C=O) groups excluding carboxylic acids is 2. The van der Waals surface area contributed by atoms with Crippen LogP contribution in [0.15, 0.2) is 71.6 Å². The number of benzene rings is 3. The van der Waals surface area contributed by atoms with E-state index in [-0.39, 0.29) is 48.2 Å². The van der Waals surface area contributed by atoms with E-state index in [1.54, 1.807) is 89.8 Å². The Morgan fingerprint density at radius 2 is 1.75 bits per heavy atom. The summed E-state index contributed by atoms with van der Waals surface area (Å²) in [6.07, 6.45) is -0.596.